The van der Waals surface area contributed by atoms with Crippen LogP contribution in [0.5, 0.6) is 0 Å². The third kappa shape index (κ3) is 7.72. The Morgan fingerprint density at radius 1 is 0.930 bits per heavy atom. The Morgan fingerprint density at radius 2 is 1.53 bits per heavy atom. The molecule has 1 saturated carbocycles. The molecule has 7 nitrogen and oxygen atoms in total. The summed E-state index contributed by atoms with van der Waals surface area (Å²) in [7, 11) is -4.16. The summed E-state index contributed by atoms with van der Waals surface area (Å²) in [6.07, 6.45) is 4.19. The second-order valence-electron chi connectivity index (χ2n) is 11.3. The van der Waals surface area contributed by atoms with Gasteiger partial charge in [0, 0.05) is 28.2 Å². The molecule has 1 atom stereocenters. The van der Waals surface area contributed by atoms with E-state index in [-0.39, 0.29) is 23.4 Å². The van der Waals surface area contributed by atoms with Gasteiger partial charge in [-0.1, -0.05) is 84.4 Å². The molecule has 10 heteroatoms. The molecule has 0 heterocycles. The van der Waals surface area contributed by atoms with Crippen molar-refractivity contribution in [1.29, 1.82) is 0 Å². The Morgan fingerprint density at radius 3 is 2.12 bits per heavy atom. The van der Waals surface area contributed by atoms with Gasteiger partial charge in [0.15, 0.2) is 0 Å². The van der Waals surface area contributed by atoms with E-state index in [2.05, 4.69) is 5.32 Å². The van der Waals surface area contributed by atoms with Crippen LogP contribution in [0.3, 0.4) is 0 Å². The van der Waals surface area contributed by atoms with Crippen molar-refractivity contribution in [2.45, 2.75) is 83.3 Å². The maximum Gasteiger partial charge on any atom is 0.264 e. The van der Waals surface area contributed by atoms with Crippen molar-refractivity contribution in [3.05, 3.63) is 93.0 Å². The van der Waals surface area contributed by atoms with E-state index in [0.717, 1.165) is 41.1 Å². The highest BCUT2D eigenvalue weighted by atomic mass is 35.5. The first kappa shape index (κ1) is 32.8. The molecule has 0 aliphatic heterocycles. The lowest BCUT2D eigenvalue weighted by molar-refractivity contribution is -0.140. The lowest BCUT2D eigenvalue weighted by Gasteiger charge is -2.34. The van der Waals surface area contributed by atoms with Gasteiger partial charge in [-0.25, -0.2) is 8.42 Å². The van der Waals surface area contributed by atoms with Gasteiger partial charge in [0.1, 0.15) is 12.6 Å². The minimum atomic E-state index is -4.16. The van der Waals surface area contributed by atoms with E-state index in [4.69, 9.17) is 23.2 Å². The number of carbonyl (C=O) groups excluding carboxylic acids is 2. The van der Waals surface area contributed by atoms with Gasteiger partial charge in [0.25, 0.3) is 10.0 Å². The van der Waals surface area contributed by atoms with E-state index in [1.165, 1.54) is 17.0 Å². The van der Waals surface area contributed by atoms with Crippen LogP contribution in [0, 0.1) is 20.8 Å². The molecular weight excluding hydrogens is 605 g/mol. The predicted octanol–water partition coefficient (Wildman–Crippen LogP) is 6.98. The second-order valence-corrected chi connectivity index (χ2v) is 13.9. The average molecular weight is 645 g/mol. The van der Waals surface area contributed by atoms with Crippen LogP contribution >= 0.6 is 23.2 Å². The van der Waals surface area contributed by atoms with Gasteiger partial charge in [0.2, 0.25) is 11.8 Å². The molecular formula is C33H39Cl2N3O4S. The van der Waals surface area contributed by atoms with Crippen molar-refractivity contribution >= 4 is 50.7 Å². The zero-order valence-corrected chi connectivity index (χ0v) is 27.4. The van der Waals surface area contributed by atoms with Crippen LogP contribution < -0.4 is 9.62 Å². The number of hydrogen-bond acceptors (Lipinski definition) is 4. The number of carbonyl (C=O) groups is 2. The summed E-state index contributed by atoms with van der Waals surface area (Å²) in [5.74, 6) is -0.814. The average Bonchev–Trinajstić information content (AvgIpc) is 3.46. The van der Waals surface area contributed by atoms with E-state index in [9.17, 15) is 18.0 Å². The zero-order valence-electron chi connectivity index (χ0n) is 25.1. The minimum Gasteiger partial charge on any atom is -0.352 e. The van der Waals surface area contributed by atoms with Crippen LogP contribution in [0.1, 0.15) is 61.3 Å². The van der Waals surface area contributed by atoms with E-state index < -0.39 is 28.5 Å². The van der Waals surface area contributed by atoms with Crippen molar-refractivity contribution in [3.8, 4) is 0 Å². The molecule has 3 aromatic rings. The fourth-order valence-electron chi connectivity index (χ4n) is 5.58. The van der Waals surface area contributed by atoms with Crippen molar-refractivity contribution in [3.63, 3.8) is 0 Å². The van der Waals surface area contributed by atoms with E-state index in [1.54, 1.807) is 36.4 Å². The second kappa shape index (κ2) is 14.1. The number of nitrogens with one attached hydrogen (secondary N) is 1. The SMILES string of the molecule is CCC(C(=O)NC1CCCC1)N(Cc1c(Cl)cccc1Cl)C(=O)CN(c1ccc(C)cc1C)S(=O)(=O)c1ccc(C)cc1. The summed E-state index contributed by atoms with van der Waals surface area (Å²) in [4.78, 5) is 29.5. The standard InChI is InChI=1S/C33H39Cl2N3O4S/c1-5-30(33(40)36-25-9-6-7-10-25)37(20-27-28(34)11-8-12-29(27)35)32(39)21-38(31-18-15-23(3)19-24(31)4)43(41,42)26-16-13-22(2)14-17-26/h8,11-19,25,30H,5-7,9-10,20-21H2,1-4H3,(H,36,40). The third-order valence-electron chi connectivity index (χ3n) is 7.99. The monoisotopic (exact) mass is 643 g/mol. The van der Waals surface area contributed by atoms with E-state index in [0.29, 0.717) is 33.3 Å². The number of hydrogen-bond donors (Lipinski definition) is 1. The Bertz CT molecular complexity index is 1550. The molecule has 2 amide bonds. The lowest BCUT2D eigenvalue weighted by atomic mass is 10.1. The first-order chi connectivity index (χ1) is 20.4. The van der Waals surface area contributed by atoms with Crippen LogP contribution in [-0.2, 0) is 26.2 Å². The summed E-state index contributed by atoms with van der Waals surface area (Å²) in [5, 5.41) is 3.82. The molecule has 0 bridgehead atoms. The van der Waals surface area contributed by atoms with Gasteiger partial charge >= 0.3 is 0 Å². The van der Waals surface area contributed by atoms with Crippen molar-refractivity contribution in [2.24, 2.45) is 0 Å². The molecule has 1 fully saturated rings. The van der Waals surface area contributed by atoms with E-state index in [1.807, 2.05) is 39.8 Å². The highest BCUT2D eigenvalue weighted by Gasteiger charge is 2.35. The summed E-state index contributed by atoms with van der Waals surface area (Å²) < 4.78 is 29.4. The number of sulfonamides is 1. The Labute approximate surface area is 265 Å². The smallest absolute Gasteiger partial charge is 0.264 e. The molecule has 1 aliphatic rings. The Kier molecular flexibility index (Phi) is 10.8. The Balaban J connectivity index is 1.77. The normalized spacial score (nSPS) is 14.4. The first-order valence-corrected chi connectivity index (χ1v) is 16.8. The summed E-state index contributed by atoms with van der Waals surface area (Å²) in [6.45, 7) is 6.87. The highest BCUT2D eigenvalue weighted by molar-refractivity contribution is 7.92. The van der Waals surface area contributed by atoms with Crippen molar-refractivity contribution in [1.82, 2.24) is 10.2 Å². The Hall–Kier alpha value is -3.07. The fourth-order valence-corrected chi connectivity index (χ4v) is 7.57. The first-order valence-electron chi connectivity index (χ1n) is 14.6. The highest BCUT2D eigenvalue weighted by Crippen LogP contribution is 2.30. The van der Waals surface area contributed by atoms with Crippen molar-refractivity contribution < 1.29 is 18.0 Å². The molecule has 1 aliphatic carbocycles. The van der Waals surface area contributed by atoms with Crippen molar-refractivity contribution in [2.75, 3.05) is 10.8 Å². The topological polar surface area (TPSA) is 86.8 Å². The third-order valence-corrected chi connectivity index (χ3v) is 10.5. The van der Waals surface area contributed by atoms with Gasteiger partial charge in [-0.2, -0.15) is 0 Å². The number of anilines is 1. The van der Waals surface area contributed by atoms with Crippen LogP contribution in [0.15, 0.2) is 65.6 Å². The number of nitrogens with zero attached hydrogens (tertiary/aromatic N) is 2. The van der Waals surface area contributed by atoms with Crippen LogP contribution in [0.4, 0.5) is 5.69 Å². The van der Waals surface area contributed by atoms with Gasteiger partial charge in [-0.3, -0.25) is 13.9 Å². The summed E-state index contributed by atoms with van der Waals surface area (Å²) in [5.41, 5.74) is 3.46. The van der Waals surface area contributed by atoms with Gasteiger partial charge < -0.3 is 10.2 Å². The number of amides is 2. The minimum absolute atomic E-state index is 0.0519. The van der Waals surface area contributed by atoms with Gasteiger partial charge in [0.05, 0.1) is 10.6 Å². The molecule has 4 rings (SSSR count). The molecule has 1 N–H and O–H groups in total. The maximum atomic E-state index is 14.4. The molecule has 230 valence electrons. The molecule has 1 unspecified atom stereocenters. The molecule has 0 spiro atoms. The van der Waals surface area contributed by atoms with Crippen LogP contribution in [-0.4, -0.2) is 43.8 Å². The molecule has 0 radical (unpaired) electrons. The number of rotatable bonds is 11. The number of benzene rings is 3. The molecule has 3 aromatic carbocycles. The lowest BCUT2D eigenvalue weighted by Crippen LogP contribution is -2.53. The quantitative estimate of drug-likeness (QED) is 0.244. The summed E-state index contributed by atoms with van der Waals surface area (Å²) >= 11 is 13.0. The number of aryl methyl sites for hydroxylation is 3. The van der Waals surface area contributed by atoms with Gasteiger partial charge in [-0.05, 0) is 75.9 Å². The van der Waals surface area contributed by atoms with Crippen LogP contribution in [0.2, 0.25) is 10.0 Å². The maximum absolute atomic E-state index is 14.4. The number of halogens is 2. The predicted molar refractivity (Wildman–Crippen MR) is 173 cm³/mol. The molecule has 43 heavy (non-hydrogen) atoms. The molecule has 0 saturated heterocycles. The summed E-state index contributed by atoms with van der Waals surface area (Å²) in [6, 6.07) is 16.2. The largest absolute Gasteiger partial charge is 0.352 e. The van der Waals surface area contributed by atoms with Crippen LogP contribution in [0.25, 0.3) is 0 Å². The van der Waals surface area contributed by atoms with E-state index >= 15 is 0 Å². The van der Waals surface area contributed by atoms with Gasteiger partial charge in [-0.15, -0.1) is 0 Å². The molecule has 0 aromatic heterocycles. The fraction of sp³-hybridized carbons (Fsp3) is 0.394. The zero-order chi connectivity index (χ0) is 31.3.